The van der Waals surface area contributed by atoms with E-state index in [1.807, 2.05) is 36.4 Å². The molecule has 3 rings (SSSR count). The second-order valence-corrected chi connectivity index (χ2v) is 5.43. The number of hydrogen-bond acceptors (Lipinski definition) is 4. The zero-order chi connectivity index (χ0) is 14.7. The van der Waals surface area contributed by atoms with Crippen LogP contribution >= 0.6 is 11.3 Å². The molecule has 0 amide bonds. The maximum Gasteiger partial charge on any atom is 0.150 e. The normalized spacial score (nSPS) is 11.3. The number of carbonyl (C=O) groups is 1. The Labute approximate surface area is 125 Å². The van der Waals surface area contributed by atoms with Crippen molar-refractivity contribution in [2.75, 3.05) is 0 Å². The molecule has 0 saturated heterocycles. The minimum atomic E-state index is 0.463. The van der Waals surface area contributed by atoms with Crippen LogP contribution in [0.3, 0.4) is 0 Å². The van der Waals surface area contributed by atoms with Gasteiger partial charge in [-0.25, -0.2) is 4.98 Å². The van der Waals surface area contributed by atoms with Gasteiger partial charge in [-0.2, -0.15) is 5.26 Å². The molecule has 0 saturated carbocycles. The Morgan fingerprint density at radius 3 is 2.52 bits per heavy atom. The molecule has 0 unspecified atom stereocenters. The lowest BCUT2D eigenvalue weighted by Gasteiger charge is -1.98. The number of hydrogen-bond donors (Lipinski definition) is 0. The summed E-state index contributed by atoms with van der Waals surface area (Å²) in [6, 6.07) is 17.1. The first-order valence-corrected chi connectivity index (χ1v) is 7.15. The van der Waals surface area contributed by atoms with Gasteiger partial charge in [0.15, 0.2) is 6.29 Å². The summed E-state index contributed by atoms with van der Waals surface area (Å²) in [6.45, 7) is 0. The molecule has 0 N–H and O–H groups in total. The van der Waals surface area contributed by atoms with Gasteiger partial charge >= 0.3 is 0 Å². The number of carbonyl (C=O) groups excluding carboxylic acids is 1. The van der Waals surface area contributed by atoms with Crippen LogP contribution in [0.4, 0.5) is 0 Å². The molecule has 0 aliphatic heterocycles. The number of thiazole rings is 1. The van der Waals surface area contributed by atoms with E-state index in [0.717, 1.165) is 22.1 Å². The van der Waals surface area contributed by atoms with Crippen LogP contribution in [0, 0.1) is 11.3 Å². The fourth-order valence-electron chi connectivity index (χ4n) is 2.03. The highest BCUT2D eigenvalue weighted by Crippen LogP contribution is 2.28. The van der Waals surface area contributed by atoms with E-state index in [9.17, 15) is 10.1 Å². The van der Waals surface area contributed by atoms with Gasteiger partial charge in [0, 0.05) is 5.56 Å². The number of para-hydroxylation sites is 1. The number of nitriles is 1. The van der Waals surface area contributed by atoms with Crippen molar-refractivity contribution in [3.8, 4) is 6.07 Å². The van der Waals surface area contributed by atoms with Gasteiger partial charge in [-0.3, -0.25) is 4.79 Å². The lowest BCUT2D eigenvalue weighted by atomic mass is 10.1. The molecule has 2 aromatic carbocycles. The van der Waals surface area contributed by atoms with Crippen molar-refractivity contribution in [2.45, 2.75) is 0 Å². The predicted octanol–water partition coefficient (Wildman–Crippen LogP) is 4.17. The molecule has 0 aliphatic rings. The van der Waals surface area contributed by atoms with Crippen molar-refractivity contribution in [1.29, 1.82) is 5.26 Å². The molecule has 0 aliphatic carbocycles. The van der Waals surface area contributed by atoms with Gasteiger partial charge < -0.3 is 0 Å². The summed E-state index contributed by atoms with van der Waals surface area (Å²) in [5.74, 6) is 0. The Morgan fingerprint density at radius 1 is 1.10 bits per heavy atom. The topological polar surface area (TPSA) is 53.8 Å². The van der Waals surface area contributed by atoms with Crippen molar-refractivity contribution in [3.05, 3.63) is 64.7 Å². The summed E-state index contributed by atoms with van der Waals surface area (Å²) in [6.07, 6.45) is 2.50. The summed E-state index contributed by atoms with van der Waals surface area (Å²) in [5, 5.41) is 10.1. The van der Waals surface area contributed by atoms with Gasteiger partial charge in [0.1, 0.15) is 11.1 Å². The first-order valence-electron chi connectivity index (χ1n) is 6.34. The number of nitrogens with zero attached hydrogens (tertiary/aromatic N) is 2. The number of allylic oxidation sites excluding steroid dienone is 1. The van der Waals surface area contributed by atoms with Crippen molar-refractivity contribution in [1.82, 2.24) is 4.98 Å². The van der Waals surface area contributed by atoms with E-state index >= 15 is 0 Å². The molecule has 3 aromatic rings. The average molecular weight is 290 g/mol. The van der Waals surface area contributed by atoms with Crippen molar-refractivity contribution in [2.24, 2.45) is 0 Å². The summed E-state index contributed by atoms with van der Waals surface area (Å²) < 4.78 is 1.04. The number of fused-ring (bicyclic) bond motifs is 1. The van der Waals surface area contributed by atoms with Gasteiger partial charge in [0.2, 0.25) is 0 Å². The Kier molecular flexibility index (Phi) is 3.59. The van der Waals surface area contributed by atoms with Crippen LogP contribution < -0.4 is 0 Å². The molecule has 0 atom stereocenters. The molecule has 0 fully saturated rings. The standard InChI is InChI=1S/C17H10N2OS/c18-10-14(9-12-5-1-2-6-13(12)11-20)17-19-15-7-3-4-8-16(15)21-17/h1-9,11H/b14-9+. The number of aromatic nitrogens is 1. The number of rotatable bonds is 3. The van der Waals surface area contributed by atoms with Gasteiger partial charge in [-0.05, 0) is 23.8 Å². The Balaban J connectivity index is 2.11. The first kappa shape index (κ1) is 13.2. The summed E-state index contributed by atoms with van der Waals surface area (Å²) in [4.78, 5) is 15.5. The van der Waals surface area contributed by atoms with Gasteiger partial charge in [0.25, 0.3) is 0 Å². The average Bonchev–Trinajstić information content (AvgIpc) is 2.96. The third-order valence-electron chi connectivity index (χ3n) is 3.07. The van der Waals surface area contributed by atoms with E-state index in [2.05, 4.69) is 11.1 Å². The van der Waals surface area contributed by atoms with Gasteiger partial charge in [-0.15, -0.1) is 11.3 Å². The highest BCUT2D eigenvalue weighted by molar-refractivity contribution is 7.19. The largest absolute Gasteiger partial charge is 0.298 e. The van der Waals surface area contributed by atoms with Crippen molar-refractivity contribution >= 4 is 39.5 Å². The predicted molar refractivity (Wildman–Crippen MR) is 84.9 cm³/mol. The minimum Gasteiger partial charge on any atom is -0.298 e. The van der Waals surface area contributed by atoms with Crippen LogP contribution in [-0.4, -0.2) is 11.3 Å². The SMILES string of the molecule is N#C/C(=C\c1ccccc1C=O)c1nc2ccccc2s1. The van der Waals surface area contributed by atoms with E-state index in [0.29, 0.717) is 16.1 Å². The second kappa shape index (κ2) is 5.70. The van der Waals surface area contributed by atoms with E-state index in [4.69, 9.17) is 0 Å². The lowest BCUT2D eigenvalue weighted by Crippen LogP contribution is -1.87. The van der Waals surface area contributed by atoms with E-state index in [-0.39, 0.29) is 0 Å². The number of aldehydes is 1. The van der Waals surface area contributed by atoms with Crippen LogP contribution in [0.5, 0.6) is 0 Å². The van der Waals surface area contributed by atoms with Crippen molar-refractivity contribution in [3.63, 3.8) is 0 Å². The molecule has 0 radical (unpaired) electrons. The third kappa shape index (κ3) is 2.60. The molecular weight excluding hydrogens is 280 g/mol. The smallest absolute Gasteiger partial charge is 0.150 e. The summed E-state index contributed by atoms with van der Waals surface area (Å²) in [7, 11) is 0. The van der Waals surface area contributed by atoms with Crippen LogP contribution in [0.15, 0.2) is 48.5 Å². The highest BCUT2D eigenvalue weighted by Gasteiger charge is 2.09. The zero-order valence-electron chi connectivity index (χ0n) is 11.0. The molecule has 4 heteroatoms. The molecule has 3 nitrogen and oxygen atoms in total. The monoisotopic (exact) mass is 290 g/mol. The Bertz CT molecular complexity index is 854. The lowest BCUT2D eigenvalue weighted by molar-refractivity contribution is 0.112. The molecule has 0 bridgehead atoms. The molecule has 21 heavy (non-hydrogen) atoms. The molecule has 0 spiro atoms. The van der Waals surface area contributed by atoms with E-state index < -0.39 is 0 Å². The molecule has 1 aromatic heterocycles. The van der Waals surface area contributed by atoms with E-state index in [1.165, 1.54) is 11.3 Å². The molecule has 1 heterocycles. The van der Waals surface area contributed by atoms with Crippen LogP contribution in [-0.2, 0) is 0 Å². The molecule has 100 valence electrons. The quantitative estimate of drug-likeness (QED) is 0.537. The molecular formula is C17H10N2OS. The minimum absolute atomic E-state index is 0.463. The fourth-order valence-corrected chi connectivity index (χ4v) is 2.97. The Hall–Kier alpha value is -2.77. The van der Waals surface area contributed by atoms with Crippen LogP contribution in [0.2, 0.25) is 0 Å². The maximum absolute atomic E-state index is 11.0. The van der Waals surface area contributed by atoms with Crippen molar-refractivity contribution < 1.29 is 4.79 Å². The van der Waals surface area contributed by atoms with Crippen LogP contribution in [0.1, 0.15) is 20.9 Å². The first-order chi connectivity index (χ1) is 10.3. The zero-order valence-corrected chi connectivity index (χ0v) is 11.8. The third-order valence-corrected chi connectivity index (χ3v) is 4.14. The van der Waals surface area contributed by atoms with Gasteiger partial charge in [-0.1, -0.05) is 36.4 Å². The number of benzene rings is 2. The van der Waals surface area contributed by atoms with E-state index in [1.54, 1.807) is 18.2 Å². The maximum atomic E-state index is 11.0. The highest BCUT2D eigenvalue weighted by atomic mass is 32.1. The summed E-state index contributed by atoms with van der Waals surface area (Å²) >= 11 is 1.47. The van der Waals surface area contributed by atoms with Crippen LogP contribution in [0.25, 0.3) is 21.9 Å². The van der Waals surface area contributed by atoms with Gasteiger partial charge in [0.05, 0.1) is 15.8 Å². The second-order valence-electron chi connectivity index (χ2n) is 4.40. The summed E-state index contributed by atoms with van der Waals surface area (Å²) in [5.41, 5.74) is 2.63. The Morgan fingerprint density at radius 2 is 1.81 bits per heavy atom. The fraction of sp³-hybridized carbons (Fsp3) is 0.